The SMILES string of the molecule is CCN(C)C(=S)N[C@@H]1C=C[C@H](COC(C)=O)OC1. The Kier molecular flexibility index (Phi) is 6.07. The minimum atomic E-state index is -0.294. The number of hydrogen-bond acceptors (Lipinski definition) is 4. The van der Waals surface area contributed by atoms with Crippen molar-refractivity contribution < 1.29 is 14.3 Å². The molecular formula is C12H20N2O3S. The number of ether oxygens (including phenoxy) is 2. The van der Waals surface area contributed by atoms with E-state index in [1.165, 1.54) is 6.92 Å². The minimum Gasteiger partial charge on any atom is -0.463 e. The Morgan fingerprint density at radius 2 is 2.33 bits per heavy atom. The highest BCUT2D eigenvalue weighted by Crippen LogP contribution is 2.06. The largest absolute Gasteiger partial charge is 0.463 e. The van der Waals surface area contributed by atoms with Crippen LogP contribution in [-0.2, 0) is 14.3 Å². The van der Waals surface area contributed by atoms with E-state index in [4.69, 9.17) is 21.7 Å². The lowest BCUT2D eigenvalue weighted by Gasteiger charge is -2.27. The molecule has 0 radical (unpaired) electrons. The van der Waals surface area contributed by atoms with Crippen molar-refractivity contribution in [3.63, 3.8) is 0 Å². The molecule has 1 aliphatic rings. The second-order valence-electron chi connectivity index (χ2n) is 4.13. The summed E-state index contributed by atoms with van der Waals surface area (Å²) in [7, 11) is 1.94. The van der Waals surface area contributed by atoms with E-state index in [9.17, 15) is 4.79 Å². The normalized spacial score (nSPS) is 22.4. The Morgan fingerprint density at radius 3 is 2.83 bits per heavy atom. The van der Waals surface area contributed by atoms with Crippen LogP contribution in [0.15, 0.2) is 12.2 Å². The van der Waals surface area contributed by atoms with Crippen LogP contribution in [0.4, 0.5) is 0 Å². The van der Waals surface area contributed by atoms with Gasteiger partial charge < -0.3 is 19.7 Å². The van der Waals surface area contributed by atoms with Gasteiger partial charge in [-0.1, -0.05) is 12.2 Å². The summed E-state index contributed by atoms with van der Waals surface area (Å²) in [5.74, 6) is -0.294. The molecule has 1 N–H and O–H groups in total. The van der Waals surface area contributed by atoms with Crippen molar-refractivity contribution in [3.05, 3.63) is 12.2 Å². The minimum absolute atomic E-state index is 0.0695. The number of nitrogens with one attached hydrogen (secondary N) is 1. The van der Waals surface area contributed by atoms with Crippen molar-refractivity contribution in [1.82, 2.24) is 10.2 Å². The Balaban J connectivity index is 2.34. The van der Waals surface area contributed by atoms with Crippen molar-refractivity contribution in [3.8, 4) is 0 Å². The fourth-order valence-electron chi connectivity index (χ4n) is 1.40. The first-order valence-corrected chi connectivity index (χ1v) is 6.38. The first-order valence-electron chi connectivity index (χ1n) is 5.97. The van der Waals surface area contributed by atoms with Gasteiger partial charge in [-0.3, -0.25) is 4.79 Å². The van der Waals surface area contributed by atoms with E-state index < -0.39 is 0 Å². The van der Waals surface area contributed by atoms with E-state index in [0.717, 1.165) is 6.54 Å². The van der Waals surface area contributed by atoms with E-state index in [0.29, 0.717) is 11.7 Å². The summed E-state index contributed by atoms with van der Waals surface area (Å²) in [6.07, 6.45) is 3.72. The molecule has 2 atom stereocenters. The molecule has 0 spiro atoms. The van der Waals surface area contributed by atoms with Gasteiger partial charge in [0.25, 0.3) is 0 Å². The number of carbonyl (C=O) groups excluding carboxylic acids is 1. The average Bonchev–Trinajstić information content (AvgIpc) is 2.36. The molecule has 0 unspecified atom stereocenters. The van der Waals surface area contributed by atoms with Crippen molar-refractivity contribution in [1.29, 1.82) is 0 Å². The van der Waals surface area contributed by atoms with Crippen LogP contribution in [0.5, 0.6) is 0 Å². The maximum absolute atomic E-state index is 10.7. The van der Waals surface area contributed by atoms with Crippen LogP contribution in [0.3, 0.4) is 0 Å². The van der Waals surface area contributed by atoms with Gasteiger partial charge in [-0.2, -0.15) is 0 Å². The van der Waals surface area contributed by atoms with Crippen LogP contribution < -0.4 is 5.32 Å². The summed E-state index contributed by atoms with van der Waals surface area (Å²) in [4.78, 5) is 12.6. The summed E-state index contributed by atoms with van der Waals surface area (Å²) in [5.41, 5.74) is 0. The molecule has 0 bridgehead atoms. The predicted molar refractivity (Wildman–Crippen MR) is 73.3 cm³/mol. The van der Waals surface area contributed by atoms with Gasteiger partial charge in [0.05, 0.1) is 12.6 Å². The number of nitrogens with zero attached hydrogens (tertiary/aromatic N) is 1. The van der Waals surface area contributed by atoms with Crippen LogP contribution in [0.2, 0.25) is 0 Å². The quantitative estimate of drug-likeness (QED) is 0.462. The van der Waals surface area contributed by atoms with Gasteiger partial charge in [-0.15, -0.1) is 0 Å². The van der Waals surface area contributed by atoms with Crippen molar-refractivity contribution >= 4 is 23.3 Å². The molecule has 0 saturated heterocycles. The highest BCUT2D eigenvalue weighted by molar-refractivity contribution is 7.80. The van der Waals surface area contributed by atoms with E-state index in [2.05, 4.69) is 5.32 Å². The molecule has 0 aliphatic carbocycles. The summed E-state index contributed by atoms with van der Waals surface area (Å²) in [6.45, 7) is 5.06. The summed E-state index contributed by atoms with van der Waals surface area (Å²) in [5, 5.41) is 3.90. The number of esters is 1. The van der Waals surface area contributed by atoms with Gasteiger partial charge in [0.1, 0.15) is 12.7 Å². The third-order valence-electron chi connectivity index (χ3n) is 2.63. The van der Waals surface area contributed by atoms with E-state index in [1.807, 2.05) is 31.0 Å². The molecule has 1 heterocycles. The molecular weight excluding hydrogens is 252 g/mol. The summed E-state index contributed by atoms with van der Waals surface area (Å²) < 4.78 is 10.4. The second kappa shape index (κ2) is 7.33. The van der Waals surface area contributed by atoms with E-state index in [1.54, 1.807) is 0 Å². The van der Waals surface area contributed by atoms with Gasteiger partial charge in [-0.05, 0) is 19.1 Å². The summed E-state index contributed by atoms with van der Waals surface area (Å²) >= 11 is 5.23. The maximum Gasteiger partial charge on any atom is 0.302 e. The first-order chi connectivity index (χ1) is 8.52. The smallest absolute Gasteiger partial charge is 0.302 e. The van der Waals surface area contributed by atoms with E-state index >= 15 is 0 Å². The Hall–Kier alpha value is -1.14. The second-order valence-corrected chi connectivity index (χ2v) is 4.52. The molecule has 5 nitrogen and oxygen atoms in total. The summed E-state index contributed by atoms with van der Waals surface area (Å²) in [6, 6.07) is 0.0695. The zero-order valence-corrected chi connectivity index (χ0v) is 11.8. The van der Waals surface area contributed by atoms with Gasteiger partial charge >= 0.3 is 5.97 Å². The number of thiocarbonyl (C=S) groups is 1. The molecule has 0 amide bonds. The van der Waals surface area contributed by atoms with Crippen molar-refractivity contribution in [2.24, 2.45) is 0 Å². The number of rotatable bonds is 4. The lowest BCUT2D eigenvalue weighted by molar-refractivity contribution is -0.144. The van der Waals surface area contributed by atoms with Crippen molar-refractivity contribution in [2.75, 3.05) is 26.8 Å². The predicted octanol–water partition coefficient (Wildman–Crippen LogP) is 0.699. The zero-order chi connectivity index (χ0) is 13.5. The monoisotopic (exact) mass is 272 g/mol. The standard InChI is InChI=1S/C12H20N2O3S/c1-4-14(3)12(18)13-10-5-6-11(17-7-10)8-16-9(2)15/h5-6,10-11H,4,7-8H2,1-3H3,(H,13,18)/t10-,11-/m1/s1. The highest BCUT2D eigenvalue weighted by Gasteiger charge is 2.18. The lowest BCUT2D eigenvalue weighted by atomic mass is 10.2. The van der Waals surface area contributed by atoms with Gasteiger partial charge in [0.15, 0.2) is 5.11 Å². The molecule has 1 rings (SSSR count). The van der Waals surface area contributed by atoms with Crippen LogP contribution >= 0.6 is 12.2 Å². The molecule has 0 aromatic rings. The molecule has 0 aromatic carbocycles. The third kappa shape index (κ3) is 5.01. The van der Waals surface area contributed by atoms with Crippen LogP contribution in [-0.4, -0.2) is 54.9 Å². The first kappa shape index (κ1) is 14.9. The molecule has 102 valence electrons. The lowest BCUT2D eigenvalue weighted by Crippen LogP contribution is -2.46. The van der Waals surface area contributed by atoms with Crippen molar-refractivity contribution in [2.45, 2.75) is 26.0 Å². The Labute approximate surface area is 113 Å². The number of hydrogen-bond donors (Lipinski definition) is 1. The van der Waals surface area contributed by atoms with Crippen LogP contribution in [0.25, 0.3) is 0 Å². The Morgan fingerprint density at radius 1 is 1.61 bits per heavy atom. The average molecular weight is 272 g/mol. The highest BCUT2D eigenvalue weighted by atomic mass is 32.1. The fourth-order valence-corrected chi connectivity index (χ4v) is 1.68. The zero-order valence-electron chi connectivity index (χ0n) is 11.0. The molecule has 0 aromatic heterocycles. The molecule has 0 fully saturated rings. The molecule has 6 heteroatoms. The van der Waals surface area contributed by atoms with E-state index in [-0.39, 0.29) is 24.7 Å². The van der Waals surface area contributed by atoms with Gasteiger partial charge in [0, 0.05) is 20.5 Å². The fraction of sp³-hybridized carbons (Fsp3) is 0.667. The molecule has 0 saturated carbocycles. The molecule has 1 aliphatic heterocycles. The van der Waals surface area contributed by atoms with Crippen LogP contribution in [0.1, 0.15) is 13.8 Å². The topological polar surface area (TPSA) is 50.8 Å². The van der Waals surface area contributed by atoms with Gasteiger partial charge in [-0.25, -0.2) is 0 Å². The third-order valence-corrected chi connectivity index (χ3v) is 3.06. The maximum atomic E-state index is 10.7. The van der Waals surface area contributed by atoms with Gasteiger partial charge in [0.2, 0.25) is 0 Å². The van der Waals surface area contributed by atoms with Crippen LogP contribution in [0, 0.1) is 0 Å². The number of carbonyl (C=O) groups is 1. The molecule has 18 heavy (non-hydrogen) atoms. The Bertz CT molecular complexity index is 333.